The average Bonchev–Trinajstić information content (AvgIpc) is 2.64. The van der Waals surface area contributed by atoms with Gasteiger partial charge in [0.25, 0.3) is 0 Å². The molecule has 0 atom stereocenters. The third-order valence-corrected chi connectivity index (χ3v) is 5.49. The van der Waals surface area contributed by atoms with Gasteiger partial charge >= 0.3 is 0 Å². The number of sulfonamides is 1. The van der Waals surface area contributed by atoms with Crippen molar-refractivity contribution in [2.45, 2.75) is 24.7 Å². The standard InChI is InChI=1S/C19H23ClN2O4S/c1-15-5-2-3-6-18(15)26-14-4-7-19(23)21-12-13-22-27(24,25)17-10-8-16(20)9-11-17/h2-3,5-6,8-11,22H,4,7,12-14H2,1H3,(H,21,23). The van der Waals surface area contributed by atoms with Crippen molar-refractivity contribution in [2.24, 2.45) is 0 Å². The van der Waals surface area contributed by atoms with E-state index >= 15 is 0 Å². The number of hydrogen-bond donors (Lipinski definition) is 2. The maximum atomic E-state index is 12.1. The van der Waals surface area contributed by atoms with Gasteiger partial charge < -0.3 is 10.1 Å². The summed E-state index contributed by atoms with van der Waals surface area (Å²) in [6.45, 7) is 2.73. The molecule has 8 heteroatoms. The van der Waals surface area contributed by atoms with Gasteiger partial charge in [-0.25, -0.2) is 13.1 Å². The van der Waals surface area contributed by atoms with E-state index in [1.165, 1.54) is 24.3 Å². The summed E-state index contributed by atoms with van der Waals surface area (Å²) in [7, 11) is -3.61. The fraction of sp³-hybridized carbons (Fsp3) is 0.316. The van der Waals surface area contributed by atoms with Crippen LogP contribution in [0.4, 0.5) is 0 Å². The lowest BCUT2D eigenvalue weighted by Crippen LogP contribution is -2.34. The number of carbonyl (C=O) groups excluding carboxylic acids is 1. The number of para-hydroxylation sites is 1. The minimum atomic E-state index is -3.61. The molecule has 0 radical (unpaired) electrons. The molecule has 0 aliphatic heterocycles. The first-order valence-corrected chi connectivity index (χ1v) is 10.4. The normalized spacial score (nSPS) is 11.2. The monoisotopic (exact) mass is 410 g/mol. The van der Waals surface area contributed by atoms with Crippen LogP contribution in [0.25, 0.3) is 0 Å². The molecular formula is C19H23ClN2O4S. The molecule has 0 fully saturated rings. The first-order valence-electron chi connectivity index (χ1n) is 8.59. The molecule has 0 aromatic heterocycles. The molecule has 0 aliphatic rings. The Kier molecular flexibility index (Phi) is 8.09. The molecule has 0 aliphatic carbocycles. The van der Waals surface area contributed by atoms with Crippen LogP contribution >= 0.6 is 11.6 Å². The van der Waals surface area contributed by atoms with Gasteiger partial charge in [-0.2, -0.15) is 0 Å². The Morgan fingerprint density at radius 2 is 1.78 bits per heavy atom. The second-order valence-electron chi connectivity index (χ2n) is 5.92. The van der Waals surface area contributed by atoms with E-state index < -0.39 is 10.0 Å². The molecule has 0 saturated carbocycles. The van der Waals surface area contributed by atoms with Crippen LogP contribution in [0.3, 0.4) is 0 Å². The Morgan fingerprint density at radius 1 is 1.07 bits per heavy atom. The van der Waals surface area contributed by atoms with Crippen molar-refractivity contribution >= 4 is 27.5 Å². The van der Waals surface area contributed by atoms with Gasteiger partial charge in [0.05, 0.1) is 11.5 Å². The summed E-state index contributed by atoms with van der Waals surface area (Å²) in [4.78, 5) is 11.9. The minimum absolute atomic E-state index is 0.108. The highest BCUT2D eigenvalue weighted by Crippen LogP contribution is 2.16. The molecule has 2 aromatic carbocycles. The first-order chi connectivity index (χ1) is 12.9. The predicted octanol–water partition coefficient (Wildman–Crippen LogP) is 2.90. The SMILES string of the molecule is Cc1ccccc1OCCCC(=O)NCCNS(=O)(=O)c1ccc(Cl)cc1. The van der Waals surface area contributed by atoms with Crippen LogP contribution in [0.15, 0.2) is 53.4 Å². The van der Waals surface area contributed by atoms with Crippen molar-refractivity contribution in [3.63, 3.8) is 0 Å². The van der Waals surface area contributed by atoms with Gasteiger partial charge in [-0.3, -0.25) is 4.79 Å². The number of hydrogen-bond acceptors (Lipinski definition) is 4. The van der Waals surface area contributed by atoms with Crippen LogP contribution in [-0.4, -0.2) is 34.0 Å². The lowest BCUT2D eigenvalue weighted by Gasteiger charge is -2.10. The highest BCUT2D eigenvalue weighted by Gasteiger charge is 2.13. The van der Waals surface area contributed by atoms with E-state index in [2.05, 4.69) is 10.0 Å². The molecule has 2 rings (SSSR count). The number of ether oxygens (including phenoxy) is 1. The van der Waals surface area contributed by atoms with Crippen LogP contribution in [0, 0.1) is 6.92 Å². The van der Waals surface area contributed by atoms with E-state index in [1.54, 1.807) is 0 Å². The van der Waals surface area contributed by atoms with Gasteiger partial charge in [0.2, 0.25) is 15.9 Å². The smallest absolute Gasteiger partial charge is 0.240 e. The number of rotatable bonds is 10. The zero-order valence-electron chi connectivity index (χ0n) is 15.1. The van der Waals surface area contributed by atoms with Crippen LogP contribution < -0.4 is 14.8 Å². The third kappa shape index (κ3) is 7.21. The van der Waals surface area contributed by atoms with Crippen LogP contribution in [-0.2, 0) is 14.8 Å². The molecule has 2 aromatic rings. The maximum Gasteiger partial charge on any atom is 0.240 e. The summed E-state index contributed by atoms with van der Waals surface area (Å²) in [5.74, 6) is 0.670. The Morgan fingerprint density at radius 3 is 2.48 bits per heavy atom. The zero-order valence-corrected chi connectivity index (χ0v) is 16.6. The molecule has 27 heavy (non-hydrogen) atoms. The lowest BCUT2D eigenvalue weighted by atomic mass is 10.2. The third-order valence-electron chi connectivity index (χ3n) is 3.76. The van der Waals surface area contributed by atoms with Crippen LogP contribution in [0.2, 0.25) is 5.02 Å². The van der Waals surface area contributed by atoms with E-state index in [1.807, 2.05) is 31.2 Å². The number of amides is 1. The first kappa shape index (κ1) is 21.2. The summed E-state index contributed by atoms with van der Waals surface area (Å²) < 4.78 is 32.2. The lowest BCUT2D eigenvalue weighted by molar-refractivity contribution is -0.121. The summed E-state index contributed by atoms with van der Waals surface area (Å²) in [5.41, 5.74) is 1.05. The number of nitrogens with one attached hydrogen (secondary N) is 2. The summed E-state index contributed by atoms with van der Waals surface area (Å²) >= 11 is 5.75. The number of benzene rings is 2. The van der Waals surface area contributed by atoms with Gasteiger partial charge in [-0.1, -0.05) is 29.8 Å². The van der Waals surface area contributed by atoms with E-state index in [-0.39, 0.29) is 23.9 Å². The number of aryl methyl sites for hydroxylation is 1. The second-order valence-corrected chi connectivity index (χ2v) is 8.12. The molecule has 1 amide bonds. The summed E-state index contributed by atoms with van der Waals surface area (Å²) in [6.07, 6.45) is 0.895. The van der Waals surface area contributed by atoms with Crippen LogP contribution in [0.5, 0.6) is 5.75 Å². The van der Waals surface area contributed by atoms with Gasteiger partial charge in [0.15, 0.2) is 0 Å². The fourth-order valence-corrected chi connectivity index (χ4v) is 3.46. The summed E-state index contributed by atoms with van der Waals surface area (Å²) in [5, 5.41) is 3.15. The maximum absolute atomic E-state index is 12.1. The highest BCUT2D eigenvalue weighted by molar-refractivity contribution is 7.89. The van der Waals surface area contributed by atoms with Crippen molar-refractivity contribution < 1.29 is 17.9 Å². The van der Waals surface area contributed by atoms with Crippen molar-refractivity contribution in [3.8, 4) is 5.75 Å². The average molecular weight is 411 g/mol. The van der Waals surface area contributed by atoms with E-state index in [0.29, 0.717) is 24.5 Å². The molecule has 0 bridgehead atoms. The molecular weight excluding hydrogens is 388 g/mol. The van der Waals surface area contributed by atoms with E-state index in [0.717, 1.165) is 11.3 Å². The quantitative estimate of drug-likeness (QED) is 0.590. The van der Waals surface area contributed by atoms with E-state index in [4.69, 9.17) is 16.3 Å². The molecule has 146 valence electrons. The molecule has 0 saturated heterocycles. The predicted molar refractivity (Wildman–Crippen MR) is 106 cm³/mol. The Balaban J connectivity index is 1.62. The van der Waals surface area contributed by atoms with Gasteiger partial charge in [0.1, 0.15) is 5.75 Å². The molecule has 0 heterocycles. The fourth-order valence-electron chi connectivity index (χ4n) is 2.31. The largest absolute Gasteiger partial charge is 0.493 e. The summed E-state index contributed by atoms with van der Waals surface area (Å²) in [6, 6.07) is 13.6. The van der Waals surface area contributed by atoms with Crippen molar-refractivity contribution in [3.05, 3.63) is 59.1 Å². The number of carbonyl (C=O) groups is 1. The highest BCUT2D eigenvalue weighted by atomic mass is 35.5. The Labute approximate surface area is 164 Å². The van der Waals surface area contributed by atoms with Crippen molar-refractivity contribution in [1.82, 2.24) is 10.0 Å². The van der Waals surface area contributed by atoms with Gasteiger partial charge in [0, 0.05) is 24.5 Å². The van der Waals surface area contributed by atoms with E-state index in [9.17, 15) is 13.2 Å². The zero-order chi connectivity index (χ0) is 19.7. The molecule has 0 spiro atoms. The van der Waals surface area contributed by atoms with Crippen LogP contribution in [0.1, 0.15) is 18.4 Å². The van der Waals surface area contributed by atoms with Gasteiger partial charge in [-0.05, 0) is 49.2 Å². The van der Waals surface area contributed by atoms with Gasteiger partial charge in [-0.15, -0.1) is 0 Å². The number of halogens is 1. The molecule has 6 nitrogen and oxygen atoms in total. The molecule has 0 unspecified atom stereocenters. The minimum Gasteiger partial charge on any atom is -0.493 e. The topological polar surface area (TPSA) is 84.5 Å². The second kappa shape index (κ2) is 10.3. The van der Waals surface area contributed by atoms with Crippen molar-refractivity contribution in [2.75, 3.05) is 19.7 Å². The van der Waals surface area contributed by atoms with Crippen molar-refractivity contribution in [1.29, 1.82) is 0 Å². The Hall–Kier alpha value is -2.09. The molecule has 2 N–H and O–H groups in total. The Bertz CT molecular complexity index is 854.